The van der Waals surface area contributed by atoms with Gasteiger partial charge in [-0.1, -0.05) is 54.6 Å². The Balaban J connectivity index is 1.44. The molecule has 2 heteroatoms. The number of aromatic nitrogens is 1. The van der Waals surface area contributed by atoms with Crippen LogP contribution < -0.4 is 0 Å². The Labute approximate surface area is 160 Å². The summed E-state index contributed by atoms with van der Waals surface area (Å²) in [7, 11) is 0. The van der Waals surface area contributed by atoms with Crippen LogP contribution in [0.2, 0.25) is 0 Å². The van der Waals surface area contributed by atoms with Gasteiger partial charge in [0.05, 0.1) is 0 Å². The van der Waals surface area contributed by atoms with Crippen molar-refractivity contribution in [3.05, 3.63) is 96.1 Å². The third-order valence-electron chi connectivity index (χ3n) is 5.42. The second-order valence-electron chi connectivity index (χ2n) is 7.16. The lowest BCUT2D eigenvalue weighted by Crippen LogP contribution is -1.87. The minimum absolute atomic E-state index is 0.950. The minimum Gasteiger partial charge on any atom is -0.355 e. The topological polar surface area (TPSA) is 15.8 Å². The van der Waals surface area contributed by atoms with Crippen LogP contribution in [0.3, 0.4) is 0 Å². The molecule has 0 saturated heterocycles. The summed E-state index contributed by atoms with van der Waals surface area (Å²) in [4.78, 5) is 3.56. The van der Waals surface area contributed by atoms with Gasteiger partial charge in [0.25, 0.3) is 0 Å². The number of benzene rings is 4. The van der Waals surface area contributed by atoms with Gasteiger partial charge in [-0.05, 0) is 47.9 Å². The quantitative estimate of drug-likeness (QED) is 0.333. The molecular formula is C25H17NS. The van der Waals surface area contributed by atoms with Crippen molar-refractivity contribution in [2.24, 2.45) is 0 Å². The summed E-state index contributed by atoms with van der Waals surface area (Å²) in [6, 6.07) is 30.9. The number of H-pyrrole nitrogens is 1. The predicted molar refractivity (Wildman–Crippen MR) is 118 cm³/mol. The molecule has 1 nitrogen and oxygen atoms in total. The molecule has 6 rings (SSSR count). The van der Waals surface area contributed by atoms with E-state index < -0.39 is 0 Å². The van der Waals surface area contributed by atoms with Crippen molar-refractivity contribution < 1.29 is 0 Å². The van der Waals surface area contributed by atoms with Crippen LogP contribution in [0.1, 0.15) is 11.1 Å². The van der Waals surface area contributed by atoms with Crippen molar-refractivity contribution in [3.8, 4) is 0 Å². The highest BCUT2D eigenvalue weighted by Gasteiger charge is 2.08. The second-order valence-corrected chi connectivity index (χ2v) is 8.24. The molecule has 0 fully saturated rings. The fourth-order valence-corrected chi connectivity index (χ4v) is 5.22. The molecule has 0 spiro atoms. The highest BCUT2D eigenvalue weighted by molar-refractivity contribution is 7.25. The largest absolute Gasteiger partial charge is 0.355 e. The molecule has 4 aromatic carbocycles. The summed E-state index contributed by atoms with van der Waals surface area (Å²) < 4.78 is 2.73. The summed E-state index contributed by atoms with van der Waals surface area (Å²) in [6.45, 7) is 0. The lowest BCUT2D eigenvalue weighted by Gasteiger charge is -2.04. The van der Waals surface area contributed by atoms with E-state index in [4.69, 9.17) is 0 Å². The van der Waals surface area contributed by atoms with Crippen molar-refractivity contribution in [3.63, 3.8) is 0 Å². The smallest absolute Gasteiger partial charge is 0.0467 e. The van der Waals surface area contributed by atoms with E-state index in [9.17, 15) is 0 Å². The van der Waals surface area contributed by atoms with Gasteiger partial charge in [-0.25, -0.2) is 0 Å². The van der Waals surface area contributed by atoms with Crippen LogP contribution in [0.15, 0.2) is 84.9 Å². The third kappa shape index (κ3) is 2.37. The molecule has 0 aliphatic carbocycles. The fraction of sp³-hybridized carbons (Fsp3) is 0.0400. The summed E-state index contributed by atoms with van der Waals surface area (Å²) in [5.41, 5.74) is 5.13. The number of fused-ring (bicyclic) bond motifs is 6. The van der Waals surface area contributed by atoms with Gasteiger partial charge in [0.2, 0.25) is 0 Å². The van der Waals surface area contributed by atoms with Crippen molar-refractivity contribution in [1.82, 2.24) is 4.98 Å². The fourth-order valence-electron chi connectivity index (χ4n) is 4.13. The molecule has 6 aromatic rings. The zero-order chi connectivity index (χ0) is 17.8. The molecule has 2 heterocycles. The van der Waals surface area contributed by atoms with Crippen LogP contribution in [0.25, 0.3) is 42.0 Å². The Morgan fingerprint density at radius 3 is 2.22 bits per heavy atom. The number of hydrogen-bond acceptors (Lipinski definition) is 1. The first-order valence-corrected chi connectivity index (χ1v) is 10.1. The number of rotatable bonds is 2. The van der Waals surface area contributed by atoms with Crippen molar-refractivity contribution in [2.45, 2.75) is 6.42 Å². The zero-order valence-corrected chi connectivity index (χ0v) is 15.5. The van der Waals surface area contributed by atoms with E-state index in [0.29, 0.717) is 0 Å². The molecule has 0 unspecified atom stereocenters. The summed E-state index contributed by atoms with van der Waals surface area (Å²) >= 11 is 1.88. The molecule has 0 atom stereocenters. The van der Waals surface area contributed by atoms with Crippen LogP contribution in [0, 0.1) is 0 Å². The van der Waals surface area contributed by atoms with Crippen molar-refractivity contribution in [2.75, 3.05) is 0 Å². The van der Waals surface area contributed by atoms with E-state index in [0.717, 1.165) is 6.42 Å². The van der Waals surface area contributed by atoms with E-state index in [1.54, 1.807) is 0 Å². The average molecular weight is 363 g/mol. The first kappa shape index (κ1) is 15.0. The molecule has 0 aliphatic rings. The normalized spacial score (nSPS) is 11.9. The van der Waals surface area contributed by atoms with Gasteiger partial charge in [0.15, 0.2) is 0 Å². The van der Waals surface area contributed by atoms with Crippen LogP contribution in [0.5, 0.6) is 0 Å². The molecule has 128 valence electrons. The Morgan fingerprint density at radius 2 is 1.26 bits per heavy atom. The first-order chi connectivity index (χ1) is 13.3. The van der Waals surface area contributed by atoms with Crippen LogP contribution >= 0.6 is 11.3 Å². The zero-order valence-electron chi connectivity index (χ0n) is 14.7. The second kappa shape index (κ2) is 5.70. The van der Waals surface area contributed by atoms with Crippen LogP contribution in [-0.4, -0.2) is 4.98 Å². The molecule has 27 heavy (non-hydrogen) atoms. The van der Waals surface area contributed by atoms with Gasteiger partial charge in [-0.15, -0.1) is 11.3 Å². The van der Waals surface area contributed by atoms with Gasteiger partial charge in [-0.3, -0.25) is 0 Å². The Hall–Kier alpha value is -3.10. The predicted octanol–water partition coefficient (Wildman–Crippen LogP) is 7.28. The molecule has 1 N–H and O–H groups in total. The highest BCUT2D eigenvalue weighted by atomic mass is 32.1. The van der Waals surface area contributed by atoms with E-state index in [1.165, 1.54) is 53.1 Å². The number of thiophene rings is 1. The van der Waals surface area contributed by atoms with Crippen molar-refractivity contribution >= 4 is 53.3 Å². The first-order valence-electron chi connectivity index (χ1n) is 9.25. The molecule has 0 aliphatic heterocycles. The Kier molecular flexibility index (Phi) is 3.17. The van der Waals surface area contributed by atoms with Crippen LogP contribution in [-0.2, 0) is 6.42 Å². The molecular weight excluding hydrogens is 346 g/mol. The van der Waals surface area contributed by atoms with E-state index >= 15 is 0 Å². The van der Waals surface area contributed by atoms with Gasteiger partial charge in [0, 0.05) is 42.0 Å². The SMILES string of the molecule is c1ccc2c(c1)[nH]c1cc(Cc3ccc4sc5ccccc5c4c3)ccc12. The van der Waals surface area contributed by atoms with Gasteiger partial charge in [0.1, 0.15) is 0 Å². The Bertz CT molecular complexity index is 1450. The third-order valence-corrected chi connectivity index (χ3v) is 6.57. The maximum absolute atomic E-state index is 3.56. The lowest BCUT2D eigenvalue weighted by molar-refractivity contribution is 1.21. The maximum atomic E-state index is 3.56. The molecule has 0 amide bonds. The Morgan fingerprint density at radius 1 is 0.556 bits per heavy atom. The lowest BCUT2D eigenvalue weighted by atomic mass is 10.0. The summed E-state index contributed by atoms with van der Waals surface area (Å²) in [5, 5.41) is 5.34. The van der Waals surface area contributed by atoms with Crippen molar-refractivity contribution in [1.29, 1.82) is 0 Å². The highest BCUT2D eigenvalue weighted by Crippen LogP contribution is 2.34. The average Bonchev–Trinajstić information content (AvgIpc) is 3.25. The molecule has 0 radical (unpaired) electrons. The standard InChI is InChI=1S/C25H17NS/c1-3-7-22-18(5-1)19-11-9-17(15-23(19)26-22)13-16-10-12-25-21(14-16)20-6-2-4-8-24(20)27-25/h1-12,14-15,26H,13H2. The van der Waals surface area contributed by atoms with E-state index in [1.807, 2.05) is 11.3 Å². The summed E-state index contributed by atoms with van der Waals surface area (Å²) in [6.07, 6.45) is 0.950. The number of aromatic amines is 1. The van der Waals surface area contributed by atoms with E-state index in [-0.39, 0.29) is 0 Å². The summed E-state index contributed by atoms with van der Waals surface area (Å²) in [5.74, 6) is 0. The van der Waals surface area contributed by atoms with Gasteiger partial charge >= 0.3 is 0 Å². The van der Waals surface area contributed by atoms with Crippen LogP contribution in [0.4, 0.5) is 0 Å². The molecule has 0 bridgehead atoms. The van der Waals surface area contributed by atoms with E-state index in [2.05, 4.69) is 89.9 Å². The van der Waals surface area contributed by atoms with Gasteiger partial charge in [-0.2, -0.15) is 0 Å². The molecule has 2 aromatic heterocycles. The number of para-hydroxylation sites is 1. The minimum atomic E-state index is 0.950. The van der Waals surface area contributed by atoms with Gasteiger partial charge < -0.3 is 4.98 Å². The number of nitrogens with one attached hydrogen (secondary N) is 1. The number of hydrogen-bond donors (Lipinski definition) is 1. The maximum Gasteiger partial charge on any atom is 0.0467 e. The molecule has 0 saturated carbocycles. The monoisotopic (exact) mass is 363 g/mol.